The van der Waals surface area contributed by atoms with Crippen LogP contribution in [0.3, 0.4) is 0 Å². The largest absolute Gasteiger partial charge is 0.350 e. The molecule has 0 radical (unpaired) electrons. The Bertz CT molecular complexity index is 944. The first-order valence-electron chi connectivity index (χ1n) is 9.45. The predicted molar refractivity (Wildman–Crippen MR) is 114 cm³/mol. The highest BCUT2D eigenvalue weighted by Gasteiger charge is 2.25. The number of nitrogens with one attached hydrogen (secondary N) is 1. The molecule has 1 N–H and O–H groups in total. The molecule has 1 aliphatic heterocycles. The molecule has 2 aromatic carbocycles. The van der Waals surface area contributed by atoms with Crippen molar-refractivity contribution in [3.63, 3.8) is 0 Å². The van der Waals surface area contributed by atoms with Gasteiger partial charge >= 0.3 is 0 Å². The maximum atomic E-state index is 12.6. The summed E-state index contributed by atoms with van der Waals surface area (Å²) in [4.78, 5) is 19.3. The Morgan fingerprint density at radius 3 is 2.61 bits per heavy atom. The summed E-state index contributed by atoms with van der Waals surface area (Å²) in [6, 6.07) is 20.2. The van der Waals surface area contributed by atoms with E-state index < -0.39 is 0 Å². The van der Waals surface area contributed by atoms with Gasteiger partial charge in [0.25, 0.3) is 5.91 Å². The van der Waals surface area contributed by atoms with E-state index in [2.05, 4.69) is 61.5 Å². The maximum Gasteiger partial charge on any atom is 0.251 e. The second kappa shape index (κ2) is 8.67. The lowest BCUT2D eigenvalue weighted by molar-refractivity contribution is 0.0927. The molecular weight excluding hydrogens is 414 g/mol. The van der Waals surface area contributed by atoms with E-state index in [1.165, 1.54) is 11.1 Å². The Labute approximate surface area is 173 Å². The third kappa shape index (κ3) is 4.32. The summed E-state index contributed by atoms with van der Waals surface area (Å²) < 4.78 is 0.962. The number of benzene rings is 2. The monoisotopic (exact) mass is 435 g/mol. The van der Waals surface area contributed by atoms with Crippen LogP contribution in [0.4, 0.5) is 0 Å². The Kier molecular flexibility index (Phi) is 5.84. The second-order valence-corrected chi connectivity index (χ2v) is 7.92. The topological polar surface area (TPSA) is 45.2 Å². The highest BCUT2D eigenvalue weighted by atomic mass is 79.9. The zero-order valence-electron chi connectivity index (χ0n) is 15.5. The summed E-state index contributed by atoms with van der Waals surface area (Å²) in [6.07, 6.45) is 4.71. The fraction of sp³-hybridized carbons (Fsp3) is 0.217. The fourth-order valence-corrected chi connectivity index (χ4v) is 3.97. The van der Waals surface area contributed by atoms with Crippen LogP contribution >= 0.6 is 15.9 Å². The van der Waals surface area contributed by atoms with Crippen molar-refractivity contribution < 1.29 is 4.79 Å². The number of amides is 1. The first-order chi connectivity index (χ1) is 13.7. The van der Waals surface area contributed by atoms with Crippen molar-refractivity contribution in [2.24, 2.45) is 0 Å². The lowest BCUT2D eigenvalue weighted by Crippen LogP contribution is -2.40. The Hall–Kier alpha value is -2.50. The molecule has 0 fully saturated rings. The highest BCUT2D eigenvalue weighted by Crippen LogP contribution is 2.27. The first kappa shape index (κ1) is 18.8. The van der Waals surface area contributed by atoms with Crippen molar-refractivity contribution in [2.45, 2.75) is 19.0 Å². The molecule has 2 heterocycles. The average molecular weight is 436 g/mol. The van der Waals surface area contributed by atoms with Crippen molar-refractivity contribution in [3.05, 3.63) is 99.8 Å². The molecule has 1 atom stereocenters. The lowest BCUT2D eigenvalue weighted by atomic mass is 9.97. The smallest absolute Gasteiger partial charge is 0.251 e. The van der Waals surface area contributed by atoms with Gasteiger partial charge in [-0.3, -0.25) is 14.7 Å². The lowest BCUT2D eigenvalue weighted by Gasteiger charge is -2.36. The van der Waals surface area contributed by atoms with Gasteiger partial charge in [-0.05, 0) is 53.4 Å². The molecule has 5 heteroatoms. The zero-order valence-corrected chi connectivity index (χ0v) is 17.1. The van der Waals surface area contributed by atoms with Crippen molar-refractivity contribution in [3.8, 4) is 0 Å². The van der Waals surface area contributed by atoms with Gasteiger partial charge < -0.3 is 5.32 Å². The van der Waals surface area contributed by atoms with Gasteiger partial charge in [-0.25, -0.2) is 0 Å². The summed E-state index contributed by atoms with van der Waals surface area (Å²) in [5.74, 6) is -0.0567. The number of aromatic nitrogens is 1. The van der Waals surface area contributed by atoms with E-state index in [4.69, 9.17) is 0 Å². The molecule has 0 spiro atoms. The van der Waals surface area contributed by atoms with Crippen molar-refractivity contribution in [1.29, 1.82) is 0 Å². The maximum absolute atomic E-state index is 12.6. The van der Waals surface area contributed by atoms with E-state index in [9.17, 15) is 4.79 Å². The molecule has 0 saturated carbocycles. The summed E-state index contributed by atoms with van der Waals surface area (Å²) in [7, 11) is 0. The van der Waals surface area contributed by atoms with Crippen LogP contribution in [-0.2, 0) is 13.0 Å². The van der Waals surface area contributed by atoms with Gasteiger partial charge in [0.15, 0.2) is 0 Å². The number of fused-ring (bicyclic) bond motifs is 1. The number of carbonyl (C=O) groups excluding carboxylic acids is 1. The fourth-order valence-electron chi connectivity index (χ4n) is 3.71. The molecule has 1 amide bonds. The van der Waals surface area contributed by atoms with E-state index in [-0.39, 0.29) is 11.9 Å². The predicted octanol–water partition coefficient (Wildman–Crippen LogP) is 4.37. The van der Waals surface area contributed by atoms with Crippen LogP contribution in [0.25, 0.3) is 0 Å². The van der Waals surface area contributed by atoms with E-state index in [1.807, 2.05) is 36.5 Å². The van der Waals surface area contributed by atoms with Gasteiger partial charge in [0.05, 0.1) is 6.04 Å². The van der Waals surface area contributed by atoms with Crippen molar-refractivity contribution in [2.75, 3.05) is 13.1 Å². The number of hydrogen-bond donors (Lipinski definition) is 1. The zero-order chi connectivity index (χ0) is 19.3. The van der Waals surface area contributed by atoms with Crippen LogP contribution in [0.15, 0.2) is 77.5 Å². The second-order valence-electron chi connectivity index (χ2n) is 7.01. The van der Waals surface area contributed by atoms with Gasteiger partial charge in [-0.1, -0.05) is 46.3 Å². The standard InChI is InChI=1S/C23H22BrN3O/c24-21-9-7-18(8-10-21)23(28)26-15-22(19-6-3-12-25-14-19)27-13-11-17-4-1-2-5-20(17)16-27/h1-10,12,14,22H,11,13,15-16H2,(H,26,28)/t22-/m0/s1. The van der Waals surface area contributed by atoms with E-state index in [0.717, 1.165) is 29.5 Å². The summed E-state index contributed by atoms with van der Waals surface area (Å²) in [6.45, 7) is 2.39. The minimum absolute atomic E-state index is 0.0567. The number of nitrogens with zero attached hydrogens (tertiary/aromatic N) is 2. The summed E-state index contributed by atoms with van der Waals surface area (Å²) >= 11 is 3.41. The molecule has 142 valence electrons. The molecular formula is C23H22BrN3O. The first-order valence-corrected chi connectivity index (χ1v) is 10.2. The minimum Gasteiger partial charge on any atom is -0.350 e. The quantitative estimate of drug-likeness (QED) is 0.646. The molecule has 4 rings (SSSR count). The van der Waals surface area contributed by atoms with Gasteiger partial charge in [-0.2, -0.15) is 0 Å². The van der Waals surface area contributed by atoms with Crippen molar-refractivity contribution >= 4 is 21.8 Å². The van der Waals surface area contributed by atoms with Gasteiger partial charge in [0.2, 0.25) is 0 Å². The van der Waals surface area contributed by atoms with Gasteiger partial charge in [0, 0.05) is 42.1 Å². The van der Waals surface area contributed by atoms with Gasteiger partial charge in [0.1, 0.15) is 0 Å². The normalized spacial score (nSPS) is 14.9. The summed E-state index contributed by atoms with van der Waals surface area (Å²) in [5, 5.41) is 3.11. The van der Waals surface area contributed by atoms with Crippen LogP contribution in [0.1, 0.15) is 33.1 Å². The van der Waals surface area contributed by atoms with Crippen molar-refractivity contribution in [1.82, 2.24) is 15.2 Å². The number of hydrogen-bond acceptors (Lipinski definition) is 3. The molecule has 0 saturated heterocycles. The van der Waals surface area contributed by atoms with Crippen LogP contribution < -0.4 is 5.32 Å². The Morgan fingerprint density at radius 1 is 1.07 bits per heavy atom. The molecule has 0 unspecified atom stereocenters. The highest BCUT2D eigenvalue weighted by molar-refractivity contribution is 9.10. The van der Waals surface area contributed by atoms with E-state index in [0.29, 0.717) is 12.1 Å². The molecule has 4 nitrogen and oxygen atoms in total. The SMILES string of the molecule is O=C(NC[C@@H](c1cccnc1)N1CCc2ccccc2C1)c1ccc(Br)cc1. The molecule has 0 bridgehead atoms. The molecule has 3 aromatic rings. The van der Waals surface area contributed by atoms with E-state index in [1.54, 1.807) is 6.20 Å². The van der Waals surface area contributed by atoms with Gasteiger partial charge in [-0.15, -0.1) is 0 Å². The van der Waals surface area contributed by atoms with Crippen LogP contribution in [0.5, 0.6) is 0 Å². The number of pyridine rings is 1. The van der Waals surface area contributed by atoms with Crippen LogP contribution in [0, 0.1) is 0 Å². The third-order valence-electron chi connectivity index (χ3n) is 5.23. The molecule has 1 aliphatic rings. The Balaban J connectivity index is 1.52. The molecule has 28 heavy (non-hydrogen) atoms. The van der Waals surface area contributed by atoms with E-state index >= 15 is 0 Å². The molecule has 0 aliphatic carbocycles. The minimum atomic E-state index is -0.0567. The Morgan fingerprint density at radius 2 is 1.86 bits per heavy atom. The number of carbonyl (C=O) groups is 1. The van der Waals surface area contributed by atoms with Crippen LogP contribution in [0.2, 0.25) is 0 Å². The van der Waals surface area contributed by atoms with Crippen LogP contribution in [-0.4, -0.2) is 28.9 Å². The molecule has 1 aromatic heterocycles. The number of halogens is 1. The third-order valence-corrected chi connectivity index (χ3v) is 5.76. The summed E-state index contributed by atoms with van der Waals surface area (Å²) in [5.41, 5.74) is 4.57. The number of rotatable bonds is 5. The average Bonchev–Trinajstić information content (AvgIpc) is 2.75.